The molecule has 2 heterocycles. The van der Waals surface area contributed by atoms with Gasteiger partial charge in [0.1, 0.15) is 5.58 Å². The number of likely N-dealkylation sites (tertiary alicyclic amines) is 1. The van der Waals surface area contributed by atoms with Gasteiger partial charge in [0.15, 0.2) is 6.61 Å². The zero-order valence-electron chi connectivity index (χ0n) is 18.1. The molecule has 1 aromatic heterocycles. The molecule has 2 aromatic rings. The van der Waals surface area contributed by atoms with Crippen LogP contribution in [0.5, 0.6) is 0 Å². The molecule has 0 N–H and O–H groups in total. The molecule has 29 heavy (non-hydrogen) atoms. The summed E-state index contributed by atoms with van der Waals surface area (Å²) in [4.78, 5) is 27.1. The lowest BCUT2D eigenvalue weighted by atomic mass is 9.65. The molecule has 156 valence electrons. The van der Waals surface area contributed by atoms with Crippen molar-refractivity contribution in [3.63, 3.8) is 0 Å². The van der Waals surface area contributed by atoms with Crippen molar-refractivity contribution in [3.05, 3.63) is 35.1 Å². The number of benzene rings is 1. The van der Waals surface area contributed by atoms with Gasteiger partial charge in [0, 0.05) is 23.5 Å². The molecule has 1 aromatic carbocycles. The summed E-state index contributed by atoms with van der Waals surface area (Å²) >= 11 is 0. The molecule has 1 aliphatic heterocycles. The largest absolute Gasteiger partial charge is 0.464 e. The van der Waals surface area contributed by atoms with Crippen molar-refractivity contribution in [2.24, 2.45) is 10.8 Å². The Morgan fingerprint density at radius 2 is 1.90 bits per heavy atom. The number of carbonyl (C=O) groups is 2. The Labute approximate surface area is 172 Å². The van der Waals surface area contributed by atoms with Crippen LogP contribution in [0.3, 0.4) is 0 Å². The number of aryl methyl sites for hydroxylation is 2. The Bertz CT molecular complexity index is 973. The molecule has 1 aliphatic carbocycles. The fraction of sp³-hybridized carbons (Fsp3) is 0.583. The molecule has 2 bridgehead atoms. The third kappa shape index (κ3) is 3.92. The van der Waals surface area contributed by atoms with E-state index in [-0.39, 0.29) is 35.8 Å². The first-order chi connectivity index (χ1) is 13.6. The van der Waals surface area contributed by atoms with E-state index in [1.165, 1.54) is 0 Å². The van der Waals surface area contributed by atoms with E-state index >= 15 is 0 Å². The highest BCUT2D eigenvalue weighted by molar-refractivity contribution is 5.88. The Morgan fingerprint density at radius 3 is 2.66 bits per heavy atom. The van der Waals surface area contributed by atoms with Gasteiger partial charge in [-0.2, -0.15) is 0 Å². The zero-order valence-corrected chi connectivity index (χ0v) is 18.1. The number of carbonyl (C=O) groups excluding carboxylic acids is 2. The maximum absolute atomic E-state index is 12.8. The fourth-order valence-electron chi connectivity index (χ4n) is 5.66. The van der Waals surface area contributed by atoms with Crippen molar-refractivity contribution < 1.29 is 18.7 Å². The van der Waals surface area contributed by atoms with E-state index in [9.17, 15) is 9.59 Å². The summed E-state index contributed by atoms with van der Waals surface area (Å²) in [6.45, 7) is 11.5. The molecule has 5 nitrogen and oxygen atoms in total. The van der Waals surface area contributed by atoms with Gasteiger partial charge in [0.25, 0.3) is 5.91 Å². The topological polar surface area (TPSA) is 59.8 Å². The van der Waals surface area contributed by atoms with Crippen molar-refractivity contribution >= 4 is 22.8 Å². The highest BCUT2D eigenvalue weighted by atomic mass is 16.5. The molecular weight excluding hydrogens is 366 g/mol. The van der Waals surface area contributed by atoms with Crippen LogP contribution >= 0.6 is 0 Å². The first-order valence-corrected chi connectivity index (χ1v) is 10.5. The van der Waals surface area contributed by atoms with Crippen LogP contribution in [-0.2, 0) is 20.7 Å². The molecular formula is C24H31NO4. The smallest absolute Gasteiger partial charge is 0.310 e. The van der Waals surface area contributed by atoms with Gasteiger partial charge in [-0.3, -0.25) is 9.59 Å². The fourth-order valence-corrected chi connectivity index (χ4v) is 5.66. The Hall–Kier alpha value is -2.30. The number of fused-ring (bicyclic) bond motifs is 3. The molecule has 4 rings (SSSR count). The number of rotatable bonds is 4. The van der Waals surface area contributed by atoms with Crippen LogP contribution in [0, 0.1) is 24.7 Å². The Morgan fingerprint density at radius 1 is 1.17 bits per heavy atom. The predicted molar refractivity (Wildman–Crippen MR) is 112 cm³/mol. The number of esters is 1. The number of nitrogens with zero attached hydrogens (tertiary/aromatic N) is 1. The van der Waals surface area contributed by atoms with Crippen molar-refractivity contribution in [1.82, 2.24) is 4.90 Å². The molecule has 1 saturated carbocycles. The number of amides is 1. The zero-order chi connectivity index (χ0) is 21.0. The monoisotopic (exact) mass is 397 g/mol. The van der Waals surface area contributed by atoms with Gasteiger partial charge in [-0.05, 0) is 67.2 Å². The molecule has 0 spiro atoms. The van der Waals surface area contributed by atoms with Gasteiger partial charge in [-0.25, -0.2) is 0 Å². The lowest BCUT2D eigenvalue weighted by Crippen LogP contribution is -2.39. The summed E-state index contributed by atoms with van der Waals surface area (Å²) in [5.41, 5.74) is 4.30. The average molecular weight is 398 g/mol. The van der Waals surface area contributed by atoms with Gasteiger partial charge in [0.05, 0.1) is 12.7 Å². The normalized spacial score (nSPS) is 25.4. The lowest BCUT2D eigenvalue weighted by Gasteiger charge is -2.39. The van der Waals surface area contributed by atoms with Crippen molar-refractivity contribution in [2.45, 2.75) is 66.3 Å². The van der Waals surface area contributed by atoms with Crippen LogP contribution in [0.25, 0.3) is 11.0 Å². The Balaban J connectivity index is 1.37. The van der Waals surface area contributed by atoms with E-state index in [2.05, 4.69) is 20.8 Å². The number of ether oxygens (including phenoxy) is 1. The molecule has 5 heteroatoms. The van der Waals surface area contributed by atoms with Crippen LogP contribution in [0.4, 0.5) is 0 Å². The third-order valence-corrected chi connectivity index (χ3v) is 6.70. The molecule has 1 amide bonds. The minimum atomic E-state index is -0.395. The highest BCUT2D eigenvalue weighted by Gasteiger charge is 2.50. The summed E-state index contributed by atoms with van der Waals surface area (Å²) in [5.74, 6) is -0.471. The van der Waals surface area contributed by atoms with E-state index in [0.717, 1.165) is 53.5 Å². The number of hydrogen-bond donors (Lipinski definition) is 0. The van der Waals surface area contributed by atoms with Crippen LogP contribution in [0.2, 0.25) is 0 Å². The molecule has 0 unspecified atom stereocenters. The second-order valence-electron chi connectivity index (χ2n) is 10.3. The van der Waals surface area contributed by atoms with Gasteiger partial charge in [0.2, 0.25) is 0 Å². The summed E-state index contributed by atoms with van der Waals surface area (Å²) in [6.07, 6.45) is 4.92. The Kier molecular flexibility index (Phi) is 4.75. The summed E-state index contributed by atoms with van der Waals surface area (Å²) in [6, 6.07) is 4.28. The standard InChI is InChI=1S/C24H31NO4/c1-15-6-19-17(11-28-20(19)7-16(15)2)8-22(27)29-12-21(26)25-14-24(5)10-18(25)9-23(3,4)13-24/h6-7,11,18H,8-10,12-14H2,1-5H3/t18-,24-/m1/s1. The van der Waals surface area contributed by atoms with Crippen molar-refractivity contribution in [1.29, 1.82) is 0 Å². The maximum Gasteiger partial charge on any atom is 0.310 e. The van der Waals surface area contributed by atoms with Gasteiger partial charge in [-0.15, -0.1) is 0 Å². The van der Waals surface area contributed by atoms with E-state index in [0.29, 0.717) is 0 Å². The van der Waals surface area contributed by atoms with Gasteiger partial charge in [-0.1, -0.05) is 20.8 Å². The summed E-state index contributed by atoms with van der Waals surface area (Å²) in [7, 11) is 0. The maximum atomic E-state index is 12.8. The third-order valence-electron chi connectivity index (χ3n) is 6.70. The van der Waals surface area contributed by atoms with E-state index in [1.807, 2.05) is 30.9 Å². The second kappa shape index (κ2) is 6.89. The first-order valence-electron chi connectivity index (χ1n) is 10.5. The van der Waals surface area contributed by atoms with Crippen molar-refractivity contribution in [2.75, 3.05) is 13.2 Å². The van der Waals surface area contributed by atoms with Crippen LogP contribution in [0.1, 0.15) is 56.7 Å². The van der Waals surface area contributed by atoms with Gasteiger partial charge < -0.3 is 14.1 Å². The lowest BCUT2D eigenvalue weighted by molar-refractivity contribution is -0.152. The molecule has 2 fully saturated rings. The van der Waals surface area contributed by atoms with Crippen LogP contribution in [-0.4, -0.2) is 36.0 Å². The highest BCUT2D eigenvalue weighted by Crippen LogP contribution is 2.52. The first kappa shape index (κ1) is 20.0. The van der Waals surface area contributed by atoms with E-state index in [4.69, 9.17) is 9.15 Å². The minimum absolute atomic E-state index is 0.0757. The van der Waals surface area contributed by atoms with Crippen LogP contribution < -0.4 is 0 Å². The molecule has 1 saturated heterocycles. The van der Waals surface area contributed by atoms with Crippen LogP contribution in [0.15, 0.2) is 22.8 Å². The number of furan rings is 1. The van der Waals surface area contributed by atoms with E-state index < -0.39 is 5.97 Å². The predicted octanol–water partition coefficient (Wildman–Crippen LogP) is 4.56. The summed E-state index contributed by atoms with van der Waals surface area (Å²) < 4.78 is 10.9. The quantitative estimate of drug-likeness (QED) is 0.710. The van der Waals surface area contributed by atoms with Crippen molar-refractivity contribution in [3.8, 4) is 0 Å². The number of hydrogen-bond acceptors (Lipinski definition) is 4. The molecule has 0 radical (unpaired) electrons. The minimum Gasteiger partial charge on any atom is -0.464 e. The SMILES string of the molecule is Cc1cc2occ(CC(=O)OCC(=O)N3C[C@]4(C)C[C@H]3CC(C)(C)C4)c2cc1C. The van der Waals surface area contributed by atoms with Gasteiger partial charge >= 0.3 is 5.97 Å². The van der Waals surface area contributed by atoms with E-state index in [1.54, 1.807) is 6.26 Å². The second-order valence-corrected chi connectivity index (χ2v) is 10.3. The molecule has 2 atom stereocenters. The summed E-state index contributed by atoms with van der Waals surface area (Å²) in [5, 5.41) is 0.930. The molecule has 2 aliphatic rings. The average Bonchev–Trinajstić information content (AvgIpc) is 3.10.